The van der Waals surface area contributed by atoms with Crippen molar-refractivity contribution in [2.75, 3.05) is 14.2 Å². The van der Waals surface area contributed by atoms with Crippen molar-refractivity contribution >= 4 is 54.7 Å². The molecule has 5 aromatic rings. The van der Waals surface area contributed by atoms with E-state index in [0.29, 0.717) is 16.9 Å². The summed E-state index contributed by atoms with van der Waals surface area (Å²) in [4.78, 5) is 0.0648. The summed E-state index contributed by atoms with van der Waals surface area (Å²) in [5, 5.41) is 3.18. The van der Waals surface area contributed by atoms with Crippen LogP contribution in [-0.4, -0.2) is 22.6 Å². The molecule has 0 saturated carbocycles. The summed E-state index contributed by atoms with van der Waals surface area (Å²) in [6.07, 6.45) is 0. The lowest BCUT2D eigenvalue weighted by Gasteiger charge is -2.15. The third-order valence-electron chi connectivity index (χ3n) is 5.56. The van der Waals surface area contributed by atoms with Crippen molar-refractivity contribution in [3.8, 4) is 22.6 Å². The maximum atomic E-state index is 12.0. The zero-order chi connectivity index (χ0) is 24.8. The van der Waals surface area contributed by atoms with Crippen LogP contribution in [-0.2, 0) is 12.6 Å². The Hall–Kier alpha value is -3.14. The monoisotopic (exact) mass is 598 g/mol. The Balaban J connectivity index is 0.000000201. The highest BCUT2D eigenvalue weighted by Gasteiger charge is 2.19. The van der Waals surface area contributed by atoms with Crippen molar-refractivity contribution < 1.29 is 20.4 Å². The maximum absolute atomic E-state index is 12.0. The smallest absolute Gasteiger partial charge is 0.306 e. The molecular formula is C28H23IO5S. The number of halogens is 1. The van der Waals surface area contributed by atoms with Crippen molar-refractivity contribution in [3.05, 3.63) is 103 Å². The lowest BCUT2D eigenvalue weighted by atomic mass is 10.0. The van der Waals surface area contributed by atoms with Crippen molar-refractivity contribution in [1.82, 2.24) is 0 Å². The van der Waals surface area contributed by atoms with Gasteiger partial charge in [0, 0.05) is 21.5 Å². The van der Waals surface area contributed by atoms with Crippen LogP contribution in [0, 0.1) is 0 Å². The molecule has 7 heteroatoms. The molecule has 0 heterocycles. The quantitative estimate of drug-likeness (QED) is 0.156. The average Bonchev–Trinajstić information content (AvgIpc) is 2.92. The van der Waals surface area contributed by atoms with E-state index in [-0.39, 0.29) is 4.90 Å². The van der Waals surface area contributed by atoms with E-state index in [2.05, 4.69) is 51.0 Å². The fraction of sp³-hybridized carbons (Fsp3) is 0.0714. The van der Waals surface area contributed by atoms with Gasteiger partial charge in [-0.25, -0.2) is 0 Å². The largest absolute Gasteiger partial charge is 0.495 e. The van der Waals surface area contributed by atoms with Crippen molar-refractivity contribution in [1.29, 1.82) is 0 Å². The third kappa shape index (κ3) is 5.27. The second-order valence-corrected chi connectivity index (χ2v) is 10.2. The Labute approximate surface area is 219 Å². The molecule has 0 aliphatic heterocycles. The zero-order valence-corrected chi connectivity index (χ0v) is 22.1. The van der Waals surface area contributed by atoms with Crippen LogP contribution in [0.15, 0.2) is 108 Å². The van der Waals surface area contributed by atoms with Gasteiger partial charge in [0.15, 0.2) is 0 Å². The van der Waals surface area contributed by atoms with Crippen LogP contribution in [0.5, 0.6) is 11.5 Å². The summed E-state index contributed by atoms with van der Waals surface area (Å²) < 4.78 is 39.6. The van der Waals surface area contributed by atoms with E-state index in [9.17, 15) is 8.42 Å². The van der Waals surface area contributed by atoms with Gasteiger partial charge in [0.05, 0.1) is 19.1 Å². The number of methoxy groups -OCH3 is 2. The molecule has 5 nitrogen and oxygen atoms in total. The molecule has 0 amide bonds. The summed E-state index contributed by atoms with van der Waals surface area (Å²) in [5.74, 6) is 1.28. The molecular weight excluding hydrogens is 575 g/mol. The standard InChI is InChI=1S/C16H13IO5S.C12H10/c1-20-15-11-5-3-4-6-12(11)16(21-2)14-9-10(7-8-13(14)15)23(18,19)22-17;1-3-7-11(8-4-1)12-9-5-2-6-10-12/h3-9H,1-2H3;1-10H. The van der Waals surface area contributed by atoms with Crippen LogP contribution >= 0.6 is 23.0 Å². The molecule has 0 N–H and O–H groups in total. The lowest BCUT2D eigenvalue weighted by molar-refractivity contribution is 0.417. The summed E-state index contributed by atoms with van der Waals surface area (Å²) in [5.41, 5.74) is 2.55. The average molecular weight is 598 g/mol. The first kappa shape index (κ1) is 25.0. The number of benzene rings is 5. The van der Waals surface area contributed by atoms with Crippen LogP contribution < -0.4 is 9.47 Å². The molecule has 5 rings (SSSR count). The fourth-order valence-corrected chi connectivity index (χ4v) is 5.16. The lowest BCUT2D eigenvalue weighted by Crippen LogP contribution is -2.00. The maximum Gasteiger partial charge on any atom is 0.306 e. The van der Waals surface area contributed by atoms with Crippen LogP contribution in [0.25, 0.3) is 32.7 Å². The van der Waals surface area contributed by atoms with Crippen LogP contribution in [0.3, 0.4) is 0 Å². The number of hydrogen-bond donors (Lipinski definition) is 0. The van der Waals surface area contributed by atoms with Gasteiger partial charge in [-0.2, -0.15) is 10.9 Å². The molecule has 0 unspecified atom stereocenters. The first-order valence-corrected chi connectivity index (χ1v) is 13.0. The Morgan fingerprint density at radius 3 is 1.46 bits per heavy atom. The second-order valence-electron chi connectivity index (χ2n) is 7.57. The molecule has 0 radical (unpaired) electrons. The predicted molar refractivity (Wildman–Crippen MR) is 149 cm³/mol. The van der Waals surface area contributed by atoms with Gasteiger partial charge in [-0.3, -0.25) is 0 Å². The van der Waals surface area contributed by atoms with Gasteiger partial charge in [0.2, 0.25) is 0 Å². The Bertz CT molecular complexity index is 1520. The van der Waals surface area contributed by atoms with Crippen molar-refractivity contribution in [2.24, 2.45) is 0 Å². The molecule has 0 aromatic heterocycles. The van der Waals surface area contributed by atoms with E-state index in [0.717, 1.165) is 16.2 Å². The van der Waals surface area contributed by atoms with Gasteiger partial charge < -0.3 is 9.47 Å². The van der Waals surface area contributed by atoms with Gasteiger partial charge in [-0.1, -0.05) is 84.9 Å². The van der Waals surface area contributed by atoms with Crippen LogP contribution in [0.1, 0.15) is 0 Å². The molecule has 178 valence electrons. The number of hydrogen-bond acceptors (Lipinski definition) is 5. The van der Waals surface area contributed by atoms with Crippen LogP contribution in [0.2, 0.25) is 0 Å². The van der Waals surface area contributed by atoms with Gasteiger partial charge in [0.1, 0.15) is 34.5 Å². The van der Waals surface area contributed by atoms with Gasteiger partial charge >= 0.3 is 10.1 Å². The Morgan fingerprint density at radius 2 is 1.00 bits per heavy atom. The molecule has 0 bridgehead atoms. The first-order chi connectivity index (χ1) is 17.0. The number of ether oxygens (including phenoxy) is 2. The molecule has 0 saturated heterocycles. The third-order valence-corrected chi connectivity index (χ3v) is 7.97. The summed E-state index contributed by atoms with van der Waals surface area (Å²) in [7, 11) is -0.648. The molecule has 0 atom stereocenters. The normalized spacial score (nSPS) is 11.1. The number of rotatable bonds is 5. The highest BCUT2D eigenvalue weighted by atomic mass is 127. The summed E-state index contributed by atoms with van der Waals surface area (Å²) >= 11 is 1.36. The Morgan fingerprint density at radius 1 is 0.571 bits per heavy atom. The van der Waals surface area contributed by atoms with Crippen molar-refractivity contribution in [2.45, 2.75) is 4.90 Å². The second kappa shape index (κ2) is 11.1. The van der Waals surface area contributed by atoms with E-state index < -0.39 is 10.1 Å². The zero-order valence-electron chi connectivity index (χ0n) is 19.1. The predicted octanol–water partition coefficient (Wildman–Crippen LogP) is 7.42. The number of fused-ring (bicyclic) bond motifs is 2. The van der Waals surface area contributed by atoms with Gasteiger partial charge in [-0.05, 0) is 29.3 Å². The molecule has 0 spiro atoms. The minimum atomic E-state index is -3.80. The molecule has 5 aromatic carbocycles. The first-order valence-electron chi connectivity index (χ1n) is 10.7. The highest BCUT2D eigenvalue weighted by Crippen LogP contribution is 2.43. The molecule has 35 heavy (non-hydrogen) atoms. The Kier molecular flexibility index (Phi) is 7.90. The SMILES string of the molecule is COc1c2ccccc2c(OC)c2cc(S(=O)(=O)OI)ccc12.c1ccc(-c2ccccc2)cc1. The van der Waals surface area contributed by atoms with Gasteiger partial charge in [0.25, 0.3) is 0 Å². The minimum Gasteiger partial charge on any atom is -0.495 e. The fourth-order valence-electron chi connectivity index (χ4n) is 3.97. The van der Waals surface area contributed by atoms with Gasteiger partial charge in [-0.15, -0.1) is 0 Å². The minimum absolute atomic E-state index is 0.0648. The molecule has 0 aliphatic rings. The van der Waals surface area contributed by atoms with Crippen LogP contribution in [0.4, 0.5) is 0 Å². The molecule has 0 fully saturated rings. The van der Waals surface area contributed by atoms with E-state index in [4.69, 9.17) is 9.47 Å². The van der Waals surface area contributed by atoms with E-state index in [1.54, 1.807) is 20.3 Å². The van der Waals surface area contributed by atoms with Crippen molar-refractivity contribution in [3.63, 3.8) is 0 Å². The van der Waals surface area contributed by atoms with E-state index in [1.807, 2.05) is 36.4 Å². The highest BCUT2D eigenvalue weighted by molar-refractivity contribution is 14.1. The van der Waals surface area contributed by atoms with E-state index >= 15 is 0 Å². The topological polar surface area (TPSA) is 61.8 Å². The summed E-state index contributed by atoms with van der Waals surface area (Å²) in [6.45, 7) is 0. The summed E-state index contributed by atoms with van der Waals surface area (Å²) in [6, 6.07) is 33.2. The molecule has 0 aliphatic carbocycles. The van der Waals surface area contributed by atoms with E-state index in [1.165, 1.54) is 46.3 Å².